The molecule has 0 spiro atoms. The molecule has 2 N–H and O–H groups in total. The number of anilines is 1. The van der Waals surface area contributed by atoms with Gasteiger partial charge in [-0.05, 0) is 50.5 Å². The maximum atomic E-state index is 13.1. The SMILES string of the molecule is Cc1cc(C(=O)Nc2nc3cccc(Cl)c3n2[C@@H]2CCCCN(C(=O)/C=C/CN3CC(O)C3)C2)ccn1. The van der Waals surface area contributed by atoms with Crippen molar-refractivity contribution in [3.8, 4) is 0 Å². The number of likely N-dealkylation sites (tertiary alicyclic amines) is 2. The molecule has 2 amide bonds. The quantitative estimate of drug-likeness (QED) is 0.481. The molecule has 2 aromatic heterocycles. The Kier molecular flexibility index (Phi) is 7.55. The third-order valence-electron chi connectivity index (χ3n) is 6.93. The maximum absolute atomic E-state index is 13.1. The van der Waals surface area contributed by atoms with Gasteiger partial charge in [0.2, 0.25) is 11.9 Å². The zero-order valence-electron chi connectivity index (χ0n) is 20.8. The van der Waals surface area contributed by atoms with Gasteiger partial charge in [0.25, 0.3) is 5.91 Å². The maximum Gasteiger partial charge on any atom is 0.258 e. The molecule has 0 aliphatic carbocycles. The number of imidazole rings is 1. The number of nitrogens with one attached hydrogen (secondary N) is 1. The Morgan fingerprint density at radius 1 is 1.22 bits per heavy atom. The van der Waals surface area contributed by atoms with E-state index in [4.69, 9.17) is 16.6 Å². The second-order valence-corrected chi connectivity index (χ2v) is 10.2. The molecule has 0 bridgehead atoms. The number of hydrogen-bond acceptors (Lipinski definition) is 6. The fourth-order valence-corrected chi connectivity index (χ4v) is 5.30. The van der Waals surface area contributed by atoms with E-state index in [2.05, 4.69) is 15.2 Å². The fraction of sp³-hybridized carbons (Fsp3) is 0.407. The van der Waals surface area contributed by atoms with Crippen LogP contribution in [0.25, 0.3) is 11.0 Å². The third-order valence-corrected chi connectivity index (χ3v) is 7.24. The van der Waals surface area contributed by atoms with E-state index in [1.54, 1.807) is 24.4 Å². The van der Waals surface area contributed by atoms with Crippen LogP contribution in [0.4, 0.5) is 5.95 Å². The van der Waals surface area contributed by atoms with Gasteiger partial charge in [0.05, 0.1) is 28.2 Å². The molecule has 10 heteroatoms. The van der Waals surface area contributed by atoms with E-state index in [0.717, 1.165) is 30.5 Å². The van der Waals surface area contributed by atoms with Crippen LogP contribution in [0.3, 0.4) is 0 Å². The summed E-state index contributed by atoms with van der Waals surface area (Å²) in [5.41, 5.74) is 2.68. The predicted octanol–water partition coefficient (Wildman–Crippen LogP) is 3.43. The van der Waals surface area contributed by atoms with Crippen molar-refractivity contribution in [1.29, 1.82) is 0 Å². The molecule has 1 aromatic carbocycles. The van der Waals surface area contributed by atoms with Gasteiger partial charge in [-0.3, -0.25) is 24.8 Å². The number of carbonyl (C=O) groups excluding carboxylic acids is 2. The average Bonchev–Trinajstić information content (AvgIpc) is 3.04. The van der Waals surface area contributed by atoms with E-state index in [9.17, 15) is 14.7 Å². The van der Waals surface area contributed by atoms with E-state index >= 15 is 0 Å². The second-order valence-electron chi connectivity index (χ2n) is 9.76. The molecule has 9 nitrogen and oxygen atoms in total. The van der Waals surface area contributed by atoms with Gasteiger partial charge in [-0.25, -0.2) is 4.98 Å². The van der Waals surface area contributed by atoms with Crippen molar-refractivity contribution in [2.24, 2.45) is 0 Å². The minimum atomic E-state index is -0.279. The molecule has 2 aliphatic rings. The Balaban J connectivity index is 1.41. The number of para-hydroxylation sites is 1. The van der Waals surface area contributed by atoms with Crippen LogP contribution < -0.4 is 5.32 Å². The lowest BCUT2D eigenvalue weighted by atomic mass is 10.1. The van der Waals surface area contributed by atoms with Crippen LogP contribution in [0, 0.1) is 6.92 Å². The second kappa shape index (κ2) is 11.0. The van der Waals surface area contributed by atoms with E-state index in [1.165, 1.54) is 0 Å². The molecule has 2 saturated heterocycles. The minimum absolute atomic E-state index is 0.0404. The summed E-state index contributed by atoms with van der Waals surface area (Å²) in [4.78, 5) is 39.0. The average molecular weight is 523 g/mol. The number of aromatic nitrogens is 3. The number of amides is 2. The van der Waals surface area contributed by atoms with Crippen LogP contribution >= 0.6 is 11.6 Å². The highest BCUT2D eigenvalue weighted by atomic mass is 35.5. The van der Waals surface area contributed by atoms with Crippen molar-refractivity contribution in [3.63, 3.8) is 0 Å². The molecule has 5 rings (SSSR count). The molecule has 0 saturated carbocycles. The summed E-state index contributed by atoms with van der Waals surface area (Å²) in [6.07, 6.45) is 7.49. The molecule has 1 atom stereocenters. The van der Waals surface area contributed by atoms with Gasteiger partial charge in [-0.1, -0.05) is 23.7 Å². The van der Waals surface area contributed by atoms with Crippen LogP contribution in [-0.2, 0) is 4.79 Å². The summed E-state index contributed by atoms with van der Waals surface area (Å²) >= 11 is 6.64. The lowest BCUT2D eigenvalue weighted by molar-refractivity contribution is -0.126. The number of aryl methyl sites for hydroxylation is 1. The standard InChI is InChI=1S/C27H31ClN6O3/c1-18-14-19(10-11-29-18)26(37)31-27-30-23-8-4-7-22(28)25(23)34(27)20-6-2-3-13-33(15-20)24(36)9-5-12-32-16-21(35)17-32/h4-5,7-11,14,20-21,35H,2-3,6,12-13,15-17H2,1H3,(H,30,31,37)/b9-5+/t20-/m1/s1. The summed E-state index contributed by atoms with van der Waals surface area (Å²) in [6.45, 7) is 4.93. The topological polar surface area (TPSA) is 104 Å². The van der Waals surface area contributed by atoms with Crippen molar-refractivity contribution in [2.45, 2.75) is 38.3 Å². The number of hydrogen-bond donors (Lipinski definition) is 2. The van der Waals surface area contributed by atoms with Crippen LogP contribution in [-0.4, -0.2) is 80.1 Å². The van der Waals surface area contributed by atoms with E-state index in [1.807, 2.05) is 40.7 Å². The predicted molar refractivity (Wildman–Crippen MR) is 143 cm³/mol. The Hall–Kier alpha value is -3.27. The van der Waals surface area contributed by atoms with Crippen molar-refractivity contribution < 1.29 is 14.7 Å². The molecule has 194 valence electrons. The molecular weight excluding hydrogens is 492 g/mol. The molecular formula is C27H31ClN6O3. The van der Waals surface area contributed by atoms with Crippen LogP contribution in [0.1, 0.15) is 41.4 Å². The van der Waals surface area contributed by atoms with Crippen molar-refractivity contribution >= 4 is 40.4 Å². The van der Waals surface area contributed by atoms with Crippen molar-refractivity contribution in [2.75, 3.05) is 38.0 Å². The number of fused-ring (bicyclic) bond motifs is 1. The summed E-state index contributed by atoms with van der Waals surface area (Å²) in [7, 11) is 0. The van der Waals surface area contributed by atoms with Gasteiger partial charge < -0.3 is 14.6 Å². The van der Waals surface area contributed by atoms with Crippen LogP contribution in [0.15, 0.2) is 48.7 Å². The first-order chi connectivity index (χ1) is 17.9. The van der Waals surface area contributed by atoms with E-state index in [-0.39, 0.29) is 24.0 Å². The monoisotopic (exact) mass is 522 g/mol. The van der Waals surface area contributed by atoms with Crippen LogP contribution in [0.5, 0.6) is 0 Å². The van der Waals surface area contributed by atoms with Crippen molar-refractivity contribution in [3.05, 3.63) is 65.0 Å². The largest absolute Gasteiger partial charge is 0.390 e. The molecule has 37 heavy (non-hydrogen) atoms. The summed E-state index contributed by atoms with van der Waals surface area (Å²) in [5.74, 6) is 0.0915. The highest BCUT2D eigenvalue weighted by Crippen LogP contribution is 2.34. The van der Waals surface area contributed by atoms with Gasteiger partial charge in [0, 0.05) is 56.3 Å². The fourth-order valence-electron chi connectivity index (χ4n) is 5.04. The third kappa shape index (κ3) is 5.69. The molecule has 2 fully saturated rings. The van der Waals surface area contributed by atoms with Gasteiger partial charge in [0.1, 0.15) is 0 Å². The number of carbonyl (C=O) groups is 2. The highest BCUT2D eigenvalue weighted by Gasteiger charge is 2.28. The minimum Gasteiger partial charge on any atom is -0.390 e. The molecule has 0 unspecified atom stereocenters. The zero-order chi connectivity index (χ0) is 25.9. The Bertz CT molecular complexity index is 1330. The van der Waals surface area contributed by atoms with E-state index < -0.39 is 0 Å². The summed E-state index contributed by atoms with van der Waals surface area (Å²) in [6, 6.07) is 8.82. The first kappa shape index (κ1) is 25.4. The Morgan fingerprint density at radius 2 is 2.05 bits per heavy atom. The van der Waals surface area contributed by atoms with Crippen LogP contribution in [0.2, 0.25) is 5.02 Å². The number of aliphatic hydroxyl groups is 1. The van der Waals surface area contributed by atoms with Gasteiger partial charge >= 0.3 is 0 Å². The number of β-amino-alcohol motifs (C(OH)–C–C–N with tert-alkyl or cyclic N) is 1. The zero-order valence-corrected chi connectivity index (χ0v) is 21.6. The number of nitrogens with zero attached hydrogens (tertiary/aromatic N) is 5. The normalized spacial score (nSPS) is 19.2. The molecule has 3 aromatic rings. The van der Waals surface area contributed by atoms with Crippen molar-refractivity contribution in [1.82, 2.24) is 24.3 Å². The van der Waals surface area contributed by atoms with Gasteiger partial charge in [-0.15, -0.1) is 0 Å². The lowest BCUT2D eigenvalue weighted by Crippen LogP contribution is -2.50. The van der Waals surface area contributed by atoms with E-state index in [0.29, 0.717) is 54.8 Å². The number of rotatable bonds is 6. The molecule has 2 aliphatic heterocycles. The number of benzene rings is 1. The van der Waals surface area contributed by atoms with Gasteiger partial charge in [-0.2, -0.15) is 0 Å². The number of aliphatic hydroxyl groups excluding tert-OH is 1. The van der Waals surface area contributed by atoms with Gasteiger partial charge in [0.15, 0.2) is 0 Å². The number of pyridine rings is 1. The first-order valence-corrected chi connectivity index (χ1v) is 13.0. The smallest absolute Gasteiger partial charge is 0.258 e. The summed E-state index contributed by atoms with van der Waals surface area (Å²) in [5, 5.41) is 13.0. The Labute approximate surface area is 220 Å². The lowest BCUT2D eigenvalue weighted by Gasteiger charge is -2.34. The first-order valence-electron chi connectivity index (χ1n) is 12.7. The number of halogens is 1. The highest BCUT2D eigenvalue weighted by molar-refractivity contribution is 6.35. The molecule has 4 heterocycles. The summed E-state index contributed by atoms with van der Waals surface area (Å²) < 4.78 is 1.99. The molecule has 0 radical (unpaired) electrons. The Morgan fingerprint density at radius 3 is 2.84 bits per heavy atom.